The second kappa shape index (κ2) is 7.03. The van der Waals surface area contributed by atoms with E-state index in [4.69, 9.17) is 9.47 Å². The molecule has 5 nitrogen and oxygen atoms in total. The van der Waals surface area contributed by atoms with Crippen LogP contribution in [-0.4, -0.2) is 31.8 Å². The summed E-state index contributed by atoms with van der Waals surface area (Å²) in [6.07, 6.45) is 1.67. The van der Waals surface area contributed by atoms with Gasteiger partial charge in [0.15, 0.2) is 0 Å². The average molecular weight is 345 g/mol. The summed E-state index contributed by atoms with van der Waals surface area (Å²) in [7, 11) is 1.67. The maximum Gasteiger partial charge on any atom is 0.146 e. The largest absolute Gasteiger partial charge is 0.497 e. The Bertz CT molecular complexity index is 980. The van der Waals surface area contributed by atoms with E-state index in [0.717, 1.165) is 34.4 Å². The number of nitriles is 1. The number of aromatic nitrogens is 1. The van der Waals surface area contributed by atoms with Crippen molar-refractivity contribution < 1.29 is 9.47 Å². The van der Waals surface area contributed by atoms with Gasteiger partial charge in [0.2, 0.25) is 0 Å². The van der Waals surface area contributed by atoms with Crippen LogP contribution in [0.5, 0.6) is 5.75 Å². The first-order chi connectivity index (χ1) is 12.8. The number of morpholine rings is 1. The van der Waals surface area contributed by atoms with Crippen LogP contribution < -0.4 is 9.64 Å². The first-order valence-corrected chi connectivity index (χ1v) is 8.58. The molecule has 0 N–H and O–H groups in total. The summed E-state index contributed by atoms with van der Waals surface area (Å²) in [4.78, 5) is 6.53. The lowest BCUT2D eigenvalue weighted by Crippen LogP contribution is -2.39. The third kappa shape index (κ3) is 3.07. The molecule has 130 valence electrons. The van der Waals surface area contributed by atoms with Crippen LogP contribution in [0.25, 0.3) is 10.8 Å². The van der Waals surface area contributed by atoms with E-state index in [1.54, 1.807) is 25.4 Å². The zero-order valence-electron chi connectivity index (χ0n) is 14.6. The Morgan fingerprint density at radius 1 is 1.19 bits per heavy atom. The Labute approximate surface area is 152 Å². The Morgan fingerprint density at radius 2 is 2.04 bits per heavy atom. The summed E-state index contributed by atoms with van der Waals surface area (Å²) < 4.78 is 11.3. The summed E-state index contributed by atoms with van der Waals surface area (Å²) >= 11 is 0. The van der Waals surface area contributed by atoms with Crippen LogP contribution in [0.3, 0.4) is 0 Å². The van der Waals surface area contributed by atoms with Crippen molar-refractivity contribution >= 4 is 16.6 Å². The third-order valence-electron chi connectivity index (χ3n) is 4.72. The predicted molar refractivity (Wildman–Crippen MR) is 100 cm³/mol. The molecule has 0 radical (unpaired) electrons. The average Bonchev–Trinajstić information content (AvgIpc) is 2.73. The maximum atomic E-state index is 9.33. The second-order valence-electron chi connectivity index (χ2n) is 6.26. The number of rotatable bonds is 3. The first-order valence-electron chi connectivity index (χ1n) is 8.58. The van der Waals surface area contributed by atoms with Gasteiger partial charge in [-0.1, -0.05) is 18.2 Å². The molecule has 0 saturated carbocycles. The van der Waals surface area contributed by atoms with Crippen molar-refractivity contribution in [3.63, 3.8) is 0 Å². The van der Waals surface area contributed by atoms with Crippen LogP contribution in [0.15, 0.2) is 54.7 Å². The Balaban J connectivity index is 1.61. The number of ether oxygens (including phenoxy) is 2. The molecular formula is C21H19N3O2. The lowest BCUT2D eigenvalue weighted by molar-refractivity contribution is 0.0396. The molecule has 3 aromatic rings. The van der Waals surface area contributed by atoms with Crippen molar-refractivity contribution in [2.24, 2.45) is 0 Å². The predicted octanol–water partition coefficient (Wildman–Crippen LogP) is 3.69. The smallest absolute Gasteiger partial charge is 0.146 e. The van der Waals surface area contributed by atoms with Gasteiger partial charge in [-0.3, -0.25) is 0 Å². The number of hydrogen-bond donors (Lipinski definition) is 0. The van der Waals surface area contributed by atoms with Gasteiger partial charge in [-0.2, -0.15) is 5.26 Å². The molecule has 2 heterocycles. The lowest BCUT2D eigenvalue weighted by atomic mass is 10.0. The van der Waals surface area contributed by atoms with E-state index in [2.05, 4.69) is 40.2 Å². The molecule has 26 heavy (non-hydrogen) atoms. The summed E-state index contributed by atoms with van der Waals surface area (Å²) in [6, 6.07) is 18.2. The second-order valence-corrected chi connectivity index (χ2v) is 6.26. The van der Waals surface area contributed by atoms with Gasteiger partial charge in [0, 0.05) is 19.3 Å². The molecule has 0 unspecified atom stereocenters. The van der Waals surface area contributed by atoms with Gasteiger partial charge in [0.25, 0.3) is 0 Å². The molecule has 0 spiro atoms. The van der Waals surface area contributed by atoms with Gasteiger partial charge < -0.3 is 14.4 Å². The number of nitrogens with zero attached hydrogens (tertiary/aromatic N) is 3. The molecule has 5 heteroatoms. The van der Waals surface area contributed by atoms with E-state index in [0.29, 0.717) is 18.7 Å². The molecule has 0 aliphatic carbocycles. The fourth-order valence-corrected chi connectivity index (χ4v) is 3.35. The molecule has 0 amide bonds. The molecule has 1 fully saturated rings. The van der Waals surface area contributed by atoms with E-state index in [9.17, 15) is 5.26 Å². The van der Waals surface area contributed by atoms with Crippen molar-refractivity contribution in [2.75, 3.05) is 31.7 Å². The van der Waals surface area contributed by atoms with Gasteiger partial charge in [0.1, 0.15) is 23.7 Å². The van der Waals surface area contributed by atoms with Gasteiger partial charge in [-0.15, -0.1) is 0 Å². The third-order valence-corrected chi connectivity index (χ3v) is 4.72. The lowest BCUT2D eigenvalue weighted by Gasteiger charge is -2.34. The van der Waals surface area contributed by atoms with Crippen LogP contribution in [0.1, 0.15) is 17.2 Å². The standard InChI is InChI=1S/C21H19N3O2/c1-25-19-7-6-15-11-17(5-4-16(15)12-19)20-14-24(9-10-26-20)21-18(13-22)3-2-8-23-21/h2-8,11-12,20H,9-10,14H2,1H3/t20-/m0/s1. The van der Waals surface area contributed by atoms with Crippen molar-refractivity contribution in [3.05, 3.63) is 65.9 Å². The fraction of sp³-hybridized carbons (Fsp3) is 0.238. The SMILES string of the molecule is COc1ccc2cc([C@@H]3CN(c4ncccc4C#N)CCO3)ccc2c1. The zero-order valence-corrected chi connectivity index (χ0v) is 14.6. The number of hydrogen-bond acceptors (Lipinski definition) is 5. The highest BCUT2D eigenvalue weighted by Crippen LogP contribution is 2.29. The van der Waals surface area contributed by atoms with E-state index in [1.807, 2.05) is 12.1 Å². The van der Waals surface area contributed by atoms with E-state index >= 15 is 0 Å². The molecule has 1 saturated heterocycles. The van der Waals surface area contributed by atoms with Crippen molar-refractivity contribution in [1.29, 1.82) is 5.26 Å². The highest BCUT2D eigenvalue weighted by Gasteiger charge is 2.24. The van der Waals surface area contributed by atoms with Crippen LogP contribution in [0.2, 0.25) is 0 Å². The number of fused-ring (bicyclic) bond motifs is 1. The highest BCUT2D eigenvalue weighted by molar-refractivity contribution is 5.84. The van der Waals surface area contributed by atoms with Gasteiger partial charge in [0.05, 0.1) is 19.3 Å². The van der Waals surface area contributed by atoms with Crippen molar-refractivity contribution in [2.45, 2.75) is 6.10 Å². The van der Waals surface area contributed by atoms with E-state index in [1.165, 1.54) is 0 Å². The van der Waals surface area contributed by atoms with Crippen LogP contribution in [0, 0.1) is 11.3 Å². The highest BCUT2D eigenvalue weighted by atomic mass is 16.5. The molecule has 1 aliphatic rings. The maximum absolute atomic E-state index is 9.33. The van der Waals surface area contributed by atoms with Crippen LogP contribution in [-0.2, 0) is 4.74 Å². The summed E-state index contributed by atoms with van der Waals surface area (Å²) in [5.74, 6) is 1.58. The quantitative estimate of drug-likeness (QED) is 0.724. The Morgan fingerprint density at radius 3 is 2.88 bits per heavy atom. The van der Waals surface area contributed by atoms with Gasteiger partial charge in [-0.25, -0.2) is 4.98 Å². The number of benzene rings is 2. The fourth-order valence-electron chi connectivity index (χ4n) is 3.35. The van der Waals surface area contributed by atoms with Gasteiger partial charge >= 0.3 is 0 Å². The minimum atomic E-state index is -0.0520. The number of pyridine rings is 1. The molecule has 2 aromatic carbocycles. The molecule has 1 aromatic heterocycles. The topological polar surface area (TPSA) is 58.4 Å². The molecular weight excluding hydrogens is 326 g/mol. The normalized spacial score (nSPS) is 17.1. The van der Waals surface area contributed by atoms with Crippen molar-refractivity contribution in [3.8, 4) is 11.8 Å². The monoisotopic (exact) mass is 345 g/mol. The number of methoxy groups -OCH3 is 1. The first kappa shape index (κ1) is 16.4. The Kier molecular flexibility index (Phi) is 4.42. The van der Waals surface area contributed by atoms with Crippen LogP contribution >= 0.6 is 0 Å². The minimum Gasteiger partial charge on any atom is -0.497 e. The Hall–Kier alpha value is -3.10. The minimum absolute atomic E-state index is 0.0520. The van der Waals surface area contributed by atoms with E-state index < -0.39 is 0 Å². The summed E-state index contributed by atoms with van der Waals surface area (Å²) in [5, 5.41) is 11.6. The zero-order chi connectivity index (χ0) is 17.9. The van der Waals surface area contributed by atoms with Crippen LogP contribution in [0.4, 0.5) is 5.82 Å². The summed E-state index contributed by atoms with van der Waals surface area (Å²) in [5.41, 5.74) is 1.72. The molecule has 4 rings (SSSR count). The molecule has 1 atom stereocenters. The van der Waals surface area contributed by atoms with E-state index in [-0.39, 0.29) is 6.10 Å². The summed E-state index contributed by atoms with van der Waals surface area (Å²) in [6.45, 7) is 2.01. The molecule has 0 bridgehead atoms. The molecule has 1 aliphatic heterocycles. The number of anilines is 1. The van der Waals surface area contributed by atoms with Crippen molar-refractivity contribution in [1.82, 2.24) is 4.98 Å². The van der Waals surface area contributed by atoms with Gasteiger partial charge in [-0.05, 0) is 46.7 Å².